The van der Waals surface area contributed by atoms with Gasteiger partial charge in [0.1, 0.15) is 12.7 Å². The van der Waals surface area contributed by atoms with Gasteiger partial charge in [-0.3, -0.25) is 0 Å². The molecule has 1 unspecified atom stereocenters. The molecule has 0 aromatic carbocycles. The Morgan fingerprint density at radius 1 is 1.19 bits per heavy atom. The highest BCUT2D eigenvalue weighted by Crippen LogP contribution is 2.16. The van der Waals surface area contributed by atoms with Crippen LogP contribution < -0.4 is 5.32 Å². The van der Waals surface area contributed by atoms with Crippen LogP contribution in [0, 0.1) is 0 Å². The zero-order chi connectivity index (χ0) is 16.7. The van der Waals surface area contributed by atoms with E-state index in [0.717, 1.165) is 0 Å². The molecule has 1 fully saturated rings. The van der Waals surface area contributed by atoms with Crippen LogP contribution in [0.25, 0.3) is 0 Å². The molecule has 0 aromatic heterocycles. The zero-order valence-electron chi connectivity index (χ0n) is 10.3. The van der Waals surface area contributed by atoms with Gasteiger partial charge in [0.15, 0.2) is 0 Å². The largest absolute Gasteiger partial charge is 0.490 e. The first-order valence-corrected chi connectivity index (χ1v) is 5.31. The second-order valence-corrected chi connectivity index (χ2v) is 3.60. The number of hydrogen-bond acceptors (Lipinski definition) is 5. The van der Waals surface area contributed by atoms with Gasteiger partial charge in [-0.1, -0.05) is 0 Å². The third kappa shape index (κ3) is 9.07. The lowest BCUT2D eigenvalue weighted by Crippen LogP contribution is -2.42. The van der Waals surface area contributed by atoms with Gasteiger partial charge in [0, 0.05) is 13.1 Å². The van der Waals surface area contributed by atoms with Crippen molar-refractivity contribution < 1.29 is 50.5 Å². The van der Waals surface area contributed by atoms with Gasteiger partial charge in [0.2, 0.25) is 0 Å². The van der Waals surface area contributed by atoms with Crippen molar-refractivity contribution in [3.8, 4) is 0 Å². The molecule has 1 saturated heterocycles. The normalized spacial score (nSPS) is 19.2. The monoisotopic (exact) mass is 327 g/mol. The molecular formula is C9H11F6NO5. The average Bonchev–Trinajstić information content (AvgIpc) is 2.35. The SMILES string of the molecule is O=C(O)C(F)(F)F.O=C(OCC1CNCCO1)C(F)(F)F. The van der Waals surface area contributed by atoms with Crippen LogP contribution in [0.2, 0.25) is 0 Å². The smallest absolute Gasteiger partial charge is 0.475 e. The predicted molar refractivity (Wildman–Crippen MR) is 53.3 cm³/mol. The molecule has 0 aromatic rings. The summed E-state index contributed by atoms with van der Waals surface area (Å²) in [4.78, 5) is 19.2. The molecule has 12 heteroatoms. The number of alkyl halides is 6. The first kappa shape index (κ1) is 19.4. The minimum Gasteiger partial charge on any atom is -0.475 e. The Bertz CT molecular complexity index is 350. The minimum atomic E-state index is -5.08. The number of ether oxygens (including phenoxy) is 2. The van der Waals surface area contributed by atoms with Crippen LogP contribution in [0.4, 0.5) is 26.3 Å². The molecule has 0 saturated carbocycles. The number of rotatable bonds is 2. The molecule has 0 aliphatic carbocycles. The Balaban J connectivity index is 0.000000486. The highest BCUT2D eigenvalue weighted by molar-refractivity contribution is 5.75. The van der Waals surface area contributed by atoms with Crippen LogP contribution in [0.1, 0.15) is 0 Å². The summed E-state index contributed by atoms with van der Waals surface area (Å²) in [6.07, 6.45) is -10.5. The first-order valence-electron chi connectivity index (χ1n) is 5.31. The third-order valence-corrected chi connectivity index (χ3v) is 1.88. The second-order valence-electron chi connectivity index (χ2n) is 3.60. The molecule has 6 nitrogen and oxygen atoms in total. The molecule has 1 heterocycles. The standard InChI is InChI=1S/C7H10F3NO3.C2HF3O2/c8-7(9,10)6(12)14-4-5-3-11-1-2-13-5;3-2(4,5)1(6)7/h5,11H,1-4H2;(H,6,7). The van der Waals surface area contributed by atoms with E-state index >= 15 is 0 Å². The van der Waals surface area contributed by atoms with Crippen LogP contribution in [0.15, 0.2) is 0 Å². The summed E-state index contributed by atoms with van der Waals surface area (Å²) in [6, 6.07) is 0. The molecule has 1 rings (SSSR count). The van der Waals surface area contributed by atoms with Crippen molar-refractivity contribution in [2.75, 3.05) is 26.3 Å². The van der Waals surface area contributed by atoms with Crippen LogP contribution in [0.3, 0.4) is 0 Å². The van der Waals surface area contributed by atoms with E-state index in [2.05, 4.69) is 10.1 Å². The Labute approximate surface area is 114 Å². The number of carbonyl (C=O) groups is 2. The van der Waals surface area contributed by atoms with E-state index in [4.69, 9.17) is 14.6 Å². The maximum atomic E-state index is 11.7. The van der Waals surface area contributed by atoms with Gasteiger partial charge in [-0.25, -0.2) is 9.59 Å². The van der Waals surface area contributed by atoms with Gasteiger partial charge in [0.05, 0.1) is 6.61 Å². The van der Waals surface area contributed by atoms with Gasteiger partial charge in [-0.2, -0.15) is 26.3 Å². The molecule has 1 atom stereocenters. The highest BCUT2D eigenvalue weighted by Gasteiger charge is 2.41. The summed E-state index contributed by atoms with van der Waals surface area (Å²) in [5, 5.41) is 10.0. The molecular weight excluding hydrogens is 316 g/mol. The molecule has 0 spiro atoms. The van der Waals surface area contributed by atoms with Gasteiger partial charge in [0.25, 0.3) is 0 Å². The quantitative estimate of drug-likeness (QED) is 0.574. The van der Waals surface area contributed by atoms with Gasteiger partial charge in [-0.15, -0.1) is 0 Å². The first-order chi connectivity index (χ1) is 9.44. The second kappa shape index (κ2) is 8.02. The summed E-state index contributed by atoms with van der Waals surface area (Å²) in [7, 11) is 0. The number of halogens is 6. The Hall–Kier alpha value is -1.56. The van der Waals surface area contributed by atoms with Crippen molar-refractivity contribution in [2.45, 2.75) is 18.5 Å². The van der Waals surface area contributed by atoms with E-state index < -0.39 is 30.4 Å². The number of carboxylic acids is 1. The lowest BCUT2D eigenvalue weighted by Gasteiger charge is -2.23. The van der Waals surface area contributed by atoms with Crippen molar-refractivity contribution in [3.63, 3.8) is 0 Å². The highest BCUT2D eigenvalue weighted by atomic mass is 19.4. The molecule has 124 valence electrons. The molecule has 0 amide bonds. The number of nitrogens with one attached hydrogen (secondary N) is 1. The number of aliphatic carboxylic acids is 1. The van der Waals surface area contributed by atoms with E-state index in [1.807, 2.05) is 0 Å². The number of carboxylic acid groups (broad SMARTS) is 1. The number of carbonyl (C=O) groups excluding carboxylic acids is 1. The van der Waals surface area contributed by atoms with E-state index in [9.17, 15) is 31.1 Å². The van der Waals surface area contributed by atoms with E-state index in [-0.39, 0.29) is 6.61 Å². The van der Waals surface area contributed by atoms with E-state index in [1.54, 1.807) is 0 Å². The van der Waals surface area contributed by atoms with E-state index in [0.29, 0.717) is 19.7 Å². The summed E-state index contributed by atoms with van der Waals surface area (Å²) >= 11 is 0. The lowest BCUT2D eigenvalue weighted by atomic mass is 10.3. The zero-order valence-corrected chi connectivity index (χ0v) is 10.3. The van der Waals surface area contributed by atoms with Gasteiger partial charge >= 0.3 is 24.3 Å². The van der Waals surface area contributed by atoms with Gasteiger partial charge < -0.3 is 19.9 Å². The van der Waals surface area contributed by atoms with Crippen molar-refractivity contribution >= 4 is 11.9 Å². The number of morpholine rings is 1. The molecule has 2 N–H and O–H groups in total. The van der Waals surface area contributed by atoms with Crippen LogP contribution in [0.5, 0.6) is 0 Å². The average molecular weight is 327 g/mol. The van der Waals surface area contributed by atoms with Crippen LogP contribution in [-0.2, 0) is 19.1 Å². The van der Waals surface area contributed by atoms with Crippen molar-refractivity contribution in [3.05, 3.63) is 0 Å². The van der Waals surface area contributed by atoms with Crippen LogP contribution >= 0.6 is 0 Å². The fourth-order valence-corrected chi connectivity index (χ4v) is 0.977. The summed E-state index contributed by atoms with van der Waals surface area (Å²) in [6.45, 7) is 1.09. The van der Waals surface area contributed by atoms with Crippen molar-refractivity contribution in [2.24, 2.45) is 0 Å². The van der Waals surface area contributed by atoms with E-state index in [1.165, 1.54) is 0 Å². The number of hydrogen-bond donors (Lipinski definition) is 2. The molecule has 0 bridgehead atoms. The predicted octanol–water partition coefficient (Wildman–Crippen LogP) is 0.714. The molecule has 0 radical (unpaired) electrons. The maximum Gasteiger partial charge on any atom is 0.490 e. The Morgan fingerprint density at radius 3 is 2.05 bits per heavy atom. The molecule has 1 aliphatic heterocycles. The third-order valence-electron chi connectivity index (χ3n) is 1.88. The van der Waals surface area contributed by atoms with Crippen molar-refractivity contribution in [1.29, 1.82) is 0 Å². The molecule has 1 aliphatic rings. The van der Waals surface area contributed by atoms with Crippen molar-refractivity contribution in [1.82, 2.24) is 5.32 Å². The summed E-state index contributed by atoms with van der Waals surface area (Å²) in [5.41, 5.74) is 0. The minimum absolute atomic E-state index is 0.370. The molecule has 21 heavy (non-hydrogen) atoms. The fourth-order valence-electron chi connectivity index (χ4n) is 0.977. The number of esters is 1. The summed E-state index contributed by atoms with van der Waals surface area (Å²) in [5.74, 6) is -4.93. The Kier molecular flexibility index (Phi) is 7.43. The maximum absolute atomic E-state index is 11.7. The lowest BCUT2D eigenvalue weighted by molar-refractivity contribution is -0.203. The van der Waals surface area contributed by atoms with Gasteiger partial charge in [-0.05, 0) is 0 Å². The Morgan fingerprint density at radius 2 is 1.71 bits per heavy atom. The topological polar surface area (TPSA) is 84.9 Å². The fraction of sp³-hybridized carbons (Fsp3) is 0.778. The summed E-state index contributed by atoms with van der Waals surface area (Å²) < 4.78 is 75.8. The van der Waals surface area contributed by atoms with Crippen LogP contribution in [-0.4, -0.2) is 61.8 Å².